The standard InChI is InChI=1S/C62H49N/c1-3-11-43(12-4-1)45-23-28-52(29-24-45)63(53-30-25-46(26-31-53)44-13-5-2-6-14-44)61-34-32-54(55-15-7-8-17-57(55)61)48-21-19-47(20-22-48)49-27-33-60-58(40-49)56-16-9-10-18-59(56)62(60)50-36-41-35-42(38-50)39-51(62)37-41/h1-34,40-42,50-51H,35-39H2. The molecule has 5 aliphatic carbocycles. The van der Waals surface area contributed by atoms with E-state index in [2.05, 4.69) is 217 Å². The van der Waals surface area contributed by atoms with Gasteiger partial charge in [0, 0.05) is 22.2 Å². The second kappa shape index (κ2) is 14.6. The first kappa shape index (κ1) is 36.7. The Bertz CT molecular complexity index is 3030. The molecule has 9 aromatic carbocycles. The lowest BCUT2D eigenvalue weighted by Gasteiger charge is -2.61. The third-order valence-electron chi connectivity index (χ3n) is 15.7. The van der Waals surface area contributed by atoms with Crippen molar-refractivity contribution in [1.82, 2.24) is 0 Å². The maximum Gasteiger partial charge on any atom is 0.0540 e. The van der Waals surface area contributed by atoms with Crippen molar-refractivity contribution in [2.75, 3.05) is 4.90 Å². The van der Waals surface area contributed by atoms with Crippen LogP contribution in [0.25, 0.3) is 66.4 Å². The van der Waals surface area contributed by atoms with Gasteiger partial charge >= 0.3 is 0 Å². The van der Waals surface area contributed by atoms with Crippen LogP contribution in [-0.2, 0) is 5.41 Å². The fraction of sp³-hybridized carbons (Fsp3) is 0.161. The Morgan fingerprint density at radius 1 is 0.317 bits per heavy atom. The maximum absolute atomic E-state index is 2.54. The molecule has 0 atom stereocenters. The first-order chi connectivity index (χ1) is 31.2. The van der Waals surface area contributed by atoms with Gasteiger partial charge in [-0.3, -0.25) is 0 Å². The zero-order valence-electron chi connectivity index (χ0n) is 35.5. The van der Waals surface area contributed by atoms with Crippen LogP contribution in [-0.4, -0.2) is 0 Å². The number of benzene rings is 9. The molecule has 0 radical (unpaired) electrons. The van der Waals surface area contributed by atoms with Gasteiger partial charge in [-0.25, -0.2) is 0 Å². The van der Waals surface area contributed by atoms with Crippen LogP contribution in [0, 0.1) is 23.7 Å². The highest BCUT2D eigenvalue weighted by molar-refractivity contribution is 6.06. The van der Waals surface area contributed by atoms with E-state index in [1.807, 2.05) is 0 Å². The van der Waals surface area contributed by atoms with Crippen LogP contribution in [0.1, 0.15) is 43.2 Å². The molecule has 0 aliphatic heterocycles. The summed E-state index contributed by atoms with van der Waals surface area (Å²) in [6.45, 7) is 0. The van der Waals surface area contributed by atoms with Gasteiger partial charge in [-0.1, -0.05) is 176 Å². The van der Waals surface area contributed by atoms with Crippen LogP contribution >= 0.6 is 0 Å². The number of fused-ring (bicyclic) bond motifs is 4. The van der Waals surface area contributed by atoms with Gasteiger partial charge in [-0.2, -0.15) is 0 Å². The van der Waals surface area contributed by atoms with E-state index in [1.54, 1.807) is 11.1 Å². The summed E-state index contributed by atoms with van der Waals surface area (Å²) in [6.07, 6.45) is 7.16. The highest BCUT2D eigenvalue weighted by atomic mass is 15.1. The van der Waals surface area contributed by atoms with E-state index in [4.69, 9.17) is 0 Å². The van der Waals surface area contributed by atoms with Crippen LogP contribution in [0.4, 0.5) is 17.1 Å². The van der Waals surface area contributed by atoms with Crippen molar-refractivity contribution in [3.05, 3.63) is 223 Å². The fourth-order valence-corrected chi connectivity index (χ4v) is 13.2. The number of rotatable bonds is 7. The second-order valence-corrected chi connectivity index (χ2v) is 18.9. The van der Waals surface area contributed by atoms with E-state index >= 15 is 0 Å². The quantitative estimate of drug-likeness (QED) is 0.155. The van der Waals surface area contributed by atoms with Gasteiger partial charge < -0.3 is 4.90 Å². The normalized spacial score (nSPS) is 21.4. The van der Waals surface area contributed by atoms with E-state index < -0.39 is 0 Å². The molecule has 1 spiro atoms. The Labute approximate surface area is 371 Å². The van der Waals surface area contributed by atoms with Crippen molar-refractivity contribution in [2.24, 2.45) is 23.7 Å². The Balaban J connectivity index is 0.867. The Morgan fingerprint density at radius 3 is 1.40 bits per heavy atom. The highest BCUT2D eigenvalue weighted by Gasteiger charge is 2.61. The predicted molar refractivity (Wildman–Crippen MR) is 264 cm³/mol. The SMILES string of the molecule is c1ccc(-c2ccc(N(c3ccc(-c4ccccc4)cc3)c3ccc(-c4ccc(-c5ccc6c(c5)-c5ccccc5C65C6CC7CC(C6)CC5C7)cc4)c4ccccc34)cc2)cc1. The van der Waals surface area contributed by atoms with Gasteiger partial charge in [0.05, 0.1) is 5.69 Å². The van der Waals surface area contributed by atoms with Crippen molar-refractivity contribution >= 4 is 27.8 Å². The van der Waals surface area contributed by atoms with Crippen molar-refractivity contribution < 1.29 is 0 Å². The molecule has 63 heavy (non-hydrogen) atoms. The molecule has 9 aromatic rings. The maximum atomic E-state index is 2.54. The largest absolute Gasteiger partial charge is 0.310 e. The van der Waals surface area contributed by atoms with E-state index in [0.29, 0.717) is 0 Å². The van der Waals surface area contributed by atoms with Crippen LogP contribution in [0.2, 0.25) is 0 Å². The molecule has 0 unspecified atom stereocenters. The lowest BCUT2D eigenvalue weighted by Crippen LogP contribution is -2.55. The summed E-state index contributed by atoms with van der Waals surface area (Å²) in [6, 6.07) is 79.2. The summed E-state index contributed by atoms with van der Waals surface area (Å²) >= 11 is 0. The molecular weight excluding hydrogens is 759 g/mol. The monoisotopic (exact) mass is 807 g/mol. The minimum absolute atomic E-state index is 0.210. The van der Waals surface area contributed by atoms with Crippen LogP contribution in [0.5, 0.6) is 0 Å². The van der Waals surface area contributed by atoms with E-state index in [-0.39, 0.29) is 5.41 Å². The van der Waals surface area contributed by atoms with Crippen LogP contribution in [0.15, 0.2) is 212 Å². The average Bonchev–Trinajstić information content (AvgIpc) is 3.64. The lowest BCUT2D eigenvalue weighted by atomic mass is 9.43. The van der Waals surface area contributed by atoms with Gasteiger partial charge in [-0.05, 0) is 164 Å². The molecular formula is C62H49N. The molecule has 302 valence electrons. The molecule has 0 heterocycles. The lowest BCUT2D eigenvalue weighted by molar-refractivity contribution is -0.0399. The molecule has 0 amide bonds. The first-order valence-corrected chi connectivity index (χ1v) is 23.2. The minimum atomic E-state index is 0.210. The van der Waals surface area contributed by atoms with Crippen LogP contribution < -0.4 is 4.90 Å². The number of anilines is 3. The first-order valence-electron chi connectivity index (χ1n) is 23.2. The Morgan fingerprint density at radius 2 is 0.778 bits per heavy atom. The predicted octanol–water partition coefficient (Wildman–Crippen LogP) is 16.7. The van der Waals surface area contributed by atoms with E-state index in [0.717, 1.165) is 40.7 Å². The van der Waals surface area contributed by atoms with Gasteiger partial charge in [0.1, 0.15) is 0 Å². The number of hydrogen-bond acceptors (Lipinski definition) is 1. The highest BCUT2D eigenvalue weighted by Crippen LogP contribution is 2.69. The minimum Gasteiger partial charge on any atom is -0.310 e. The van der Waals surface area contributed by atoms with Crippen molar-refractivity contribution in [1.29, 1.82) is 0 Å². The summed E-state index contributed by atoms with van der Waals surface area (Å²) in [5.41, 5.74) is 19.7. The topological polar surface area (TPSA) is 3.24 Å². The van der Waals surface area contributed by atoms with Crippen molar-refractivity contribution in [3.63, 3.8) is 0 Å². The molecule has 14 rings (SSSR count). The smallest absolute Gasteiger partial charge is 0.0540 e. The molecule has 0 N–H and O–H groups in total. The summed E-state index contributed by atoms with van der Waals surface area (Å²) in [4.78, 5) is 2.41. The fourth-order valence-electron chi connectivity index (χ4n) is 13.2. The van der Waals surface area contributed by atoms with E-state index in [9.17, 15) is 0 Å². The summed E-state index contributed by atoms with van der Waals surface area (Å²) in [5.74, 6) is 3.48. The Kier molecular flexibility index (Phi) is 8.48. The number of hydrogen-bond donors (Lipinski definition) is 0. The molecule has 0 aromatic heterocycles. The number of nitrogens with zero attached hydrogens (tertiary/aromatic N) is 1. The van der Waals surface area contributed by atoms with Gasteiger partial charge in [-0.15, -0.1) is 0 Å². The zero-order chi connectivity index (χ0) is 41.5. The van der Waals surface area contributed by atoms with Gasteiger partial charge in [0.25, 0.3) is 0 Å². The van der Waals surface area contributed by atoms with Gasteiger partial charge in [0.15, 0.2) is 0 Å². The molecule has 0 saturated heterocycles. The molecule has 4 bridgehead atoms. The van der Waals surface area contributed by atoms with Gasteiger partial charge in [0.2, 0.25) is 0 Å². The molecule has 4 fully saturated rings. The molecule has 5 aliphatic rings. The summed E-state index contributed by atoms with van der Waals surface area (Å²) in [5, 5.41) is 2.46. The van der Waals surface area contributed by atoms with E-state index in [1.165, 1.54) is 98.5 Å². The van der Waals surface area contributed by atoms with Crippen molar-refractivity contribution in [2.45, 2.75) is 37.5 Å². The van der Waals surface area contributed by atoms with Crippen LogP contribution in [0.3, 0.4) is 0 Å². The zero-order valence-corrected chi connectivity index (χ0v) is 35.5. The molecule has 1 heteroatoms. The third-order valence-corrected chi connectivity index (χ3v) is 15.7. The average molecular weight is 808 g/mol. The second-order valence-electron chi connectivity index (χ2n) is 18.9. The summed E-state index contributed by atoms with van der Waals surface area (Å²) < 4.78 is 0. The molecule has 4 saturated carbocycles. The third kappa shape index (κ3) is 5.83. The summed E-state index contributed by atoms with van der Waals surface area (Å²) in [7, 11) is 0. The molecule has 1 nitrogen and oxygen atoms in total. The Hall–Kier alpha value is -6.96. The van der Waals surface area contributed by atoms with Crippen molar-refractivity contribution in [3.8, 4) is 55.6 Å².